The van der Waals surface area contributed by atoms with E-state index in [4.69, 9.17) is 10.2 Å². The summed E-state index contributed by atoms with van der Waals surface area (Å²) in [4.78, 5) is 10.7. The topological polar surface area (TPSA) is 66.8 Å². The van der Waals surface area contributed by atoms with Gasteiger partial charge >= 0.3 is 0 Å². The minimum Gasteiger partial charge on any atom is -0.502 e. The van der Waals surface area contributed by atoms with E-state index in [1.807, 2.05) is 0 Å². The number of hydrogen-bond acceptors (Lipinski definition) is 4. The van der Waals surface area contributed by atoms with Crippen molar-refractivity contribution in [2.45, 2.75) is 19.1 Å². The van der Waals surface area contributed by atoms with Crippen molar-refractivity contribution in [1.82, 2.24) is 0 Å². The normalized spacial score (nSPS) is 33.0. The maximum absolute atomic E-state index is 10.7. The van der Waals surface area contributed by atoms with Crippen LogP contribution in [-0.4, -0.2) is 28.2 Å². The second kappa shape index (κ2) is 2.30. The Labute approximate surface area is 57.7 Å². The highest BCUT2D eigenvalue weighted by molar-refractivity contribution is 5.97. The van der Waals surface area contributed by atoms with Crippen molar-refractivity contribution >= 4 is 5.78 Å². The second-order valence-electron chi connectivity index (χ2n) is 2.15. The van der Waals surface area contributed by atoms with Crippen LogP contribution in [0.2, 0.25) is 0 Å². The molecule has 1 aliphatic heterocycles. The molecule has 0 aromatic rings. The first-order valence-electron chi connectivity index (χ1n) is 2.90. The maximum atomic E-state index is 10.7. The standard InChI is InChI=1S/C6H8O4/c1-3-5(8)6(9)4(7)2-10-3/h2-3,5,7-8H,1H3/t3-,5-/m1/s1. The molecular formula is C6H8O4. The molecule has 1 rings (SSSR count). The van der Waals surface area contributed by atoms with Crippen molar-refractivity contribution in [3.05, 3.63) is 12.0 Å². The van der Waals surface area contributed by atoms with Crippen LogP contribution in [0.1, 0.15) is 6.92 Å². The third-order valence-corrected chi connectivity index (χ3v) is 1.36. The molecule has 0 bridgehead atoms. The fourth-order valence-corrected chi connectivity index (χ4v) is 0.669. The predicted molar refractivity (Wildman–Crippen MR) is 32.3 cm³/mol. The quantitative estimate of drug-likeness (QED) is 0.491. The predicted octanol–water partition coefficient (Wildman–Crippen LogP) is -0.266. The average molecular weight is 144 g/mol. The van der Waals surface area contributed by atoms with Crippen molar-refractivity contribution in [2.75, 3.05) is 0 Å². The van der Waals surface area contributed by atoms with Crippen LogP contribution in [0, 0.1) is 0 Å². The number of carbonyl (C=O) groups excluding carboxylic acids is 1. The number of ether oxygens (including phenoxy) is 1. The van der Waals surface area contributed by atoms with Gasteiger partial charge in [0.1, 0.15) is 12.4 Å². The van der Waals surface area contributed by atoms with Gasteiger partial charge in [-0.05, 0) is 6.92 Å². The van der Waals surface area contributed by atoms with E-state index >= 15 is 0 Å². The molecule has 0 spiro atoms. The summed E-state index contributed by atoms with van der Waals surface area (Å²) in [6, 6.07) is 0. The average Bonchev–Trinajstić information content (AvgIpc) is 1.93. The van der Waals surface area contributed by atoms with Crippen LogP contribution in [0.3, 0.4) is 0 Å². The molecule has 1 aliphatic rings. The molecule has 0 unspecified atom stereocenters. The molecule has 0 aliphatic carbocycles. The Bertz CT molecular complexity index is 184. The van der Waals surface area contributed by atoms with Gasteiger partial charge in [0.15, 0.2) is 11.9 Å². The molecule has 0 radical (unpaired) electrons. The lowest BCUT2D eigenvalue weighted by molar-refractivity contribution is -0.134. The van der Waals surface area contributed by atoms with E-state index in [0.29, 0.717) is 0 Å². The zero-order chi connectivity index (χ0) is 7.72. The molecule has 0 saturated heterocycles. The third kappa shape index (κ3) is 0.974. The molecule has 10 heavy (non-hydrogen) atoms. The largest absolute Gasteiger partial charge is 0.502 e. The fraction of sp³-hybridized carbons (Fsp3) is 0.500. The van der Waals surface area contributed by atoms with Crippen molar-refractivity contribution in [1.29, 1.82) is 0 Å². The number of aliphatic hydroxyl groups excluding tert-OH is 2. The van der Waals surface area contributed by atoms with E-state index in [-0.39, 0.29) is 0 Å². The minimum atomic E-state index is -1.23. The van der Waals surface area contributed by atoms with Gasteiger partial charge in [0, 0.05) is 0 Å². The lowest BCUT2D eigenvalue weighted by Gasteiger charge is -2.20. The van der Waals surface area contributed by atoms with Gasteiger partial charge in [-0.3, -0.25) is 4.79 Å². The smallest absolute Gasteiger partial charge is 0.232 e. The van der Waals surface area contributed by atoms with Crippen molar-refractivity contribution < 1.29 is 19.7 Å². The summed E-state index contributed by atoms with van der Waals surface area (Å²) in [6.45, 7) is 1.55. The first-order valence-corrected chi connectivity index (χ1v) is 2.90. The van der Waals surface area contributed by atoms with Gasteiger partial charge in [-0.15, -0.1) is 0 Å². The van der Waals surface area contributed by atoms with E-state index in [1.54, 1.807) is 6.92 Å². The molecule has 0 amide bonds. The Morgan fingerprint density at radius 2 is 2.30 bits per heavy atom. The fourth-order valence-electron chi connectivity index (χ4n) is 0.669. The van der Waals surface area contributed by atoms with Crippen LogP contribution in [-0.2, 0) is 9.53 Å². The first-order chi connectivity index (χ1) is 4.63. The van der Waals surface area contributed by atoms with Crippen LogP contribution < -0.4 is 0 Å². The summed E-state index contributed by atoms with van der Waals surface area (Å²) in [6.07, 6.45) is -0.854. The van der Waals surface area contributed by atoms with Crippen LogP contribution >= 0.6 is 0 Å². The van der Waals surface area contributed by atoms with Gasteiger partial charge in [0.25, 0.3) is 0 Å². The summed E-state index contributed by atoms with van der Waals surface area (Å²) in [7, 11) is 0. The number of rotatable bonds is 0. The summed E-state index contributed by atoms with van der Waals surface area (Å²) in [5, 5.41) is 17.6. The lowest BCUT2D eigenvalue weighted by atomic mass is 10.1. The molecule has 56 valence electrons. The Balaban J connectivity index is 2.81. The van der Waals surface area contributed by atoms with Gasteiger partial charge < -0.3 is 14.9 Å². The number of Topliss-reactive ketones (excluding diaryl/α,β-unsaturated/α-hetero) is 1. The summed E-state index contributed by atoms with van der Waals surface area (Å²) in [5.41, 5.74) is 0. The molecule has 1 heterocycles. The van der Waals surface area contributed by atoms with Gasteiger partial charge in [0.05, 0.1) is 0 Å². The number of ketones is 1. The van der Waals surface area contributed by atoms with Gasteiger partial charge in [-0.25, -0.2) is 0 Å². The van der Waals surface area contributed by atoms with Crippen LogP contribution in [0.5, 0.6) is 0 Å². The molecule has 0 aromatic heterocycles. The summed E-state index contributed by atoms with van der Waals surface area (Å²) >= 11 is 0. The molecular weight excluding hydrogens is 136 g/mol. The van der Waals surface area contributed by atoms with Gasteiger partial charge in [0.2, 0.25) is 5.78 Å². The van der Waals surface area contributed by atoms with E-state index in [2.05, 4.69) is 4.74 Å². The lowest BCUT2D eigenvalue weighted by Crippen LogP contribution is -2.37. The Morgan fingerprint density at radius 3 is 2.80 bits per heavy atom. The first kappa shape index (κ1) is 7.08. The molecule has 4 nitrogen and oxygen atoms in total. The number of carbonyl (C=O) groups is 1. The third-order valence-electron chi connectivity index (χ3n) is 1.36. The molecule has 2 atom stereocenters. The Kier molecular flexibility index (Phi) is 1.63. The van der Waals surface area contributed by atoms with E-state index in [1.165, 1.54) is 0 Å². The zero-order valence-corrected chi connectivity index (χ0v) is 5.44. The molecule has 4 heteroatoms. The Morgan fingerprint density at radius 1 is 1.70 bits per heavy atom. The van der Waals surface area contributed by atoms with E-state index in [0.717, 1.165) is 6.26 Å². The molecule has 2 N–H and O–H groups in total. The number of hydrogen-bond donors (Lipinski definition) is 2. The van der Waals surface area contributed by atoms with Crippen molar-refractivity contribution in [3.63, 3.8) is 0 Å². The monoisotopic (exact) mass is 144 g/mol. The van der Waals surface area contributed by atoms with Crippen LogP contribution in [0.25, 0.3) is 0 Å². The molecule has 0 saturated carbocycles. The van der Waals surface area contributed by atoms with Gasteiger partial charge in [-0.2, -0.15) is 0 Å². The highest BCUT2D eigenvalue weighted by Gasteiger charge is 2.30. The Hall–Kier alpha value is -1.03. The SMILES string of the molecule is C[C@H]1OC=C(O)C(=O)[C@@H]1O. The van der Waals surface area contributed by atoms with Crippen LogP contribution in [0.15, 0.2) is 12.0 Å². The highest BCUT2D eigenvalue weighted by atomic mass is 16.5. The van der Waals surface area contributed by atoms with Crippen molar-refractivity contribution in [3.8, 4) is 0 Å². The van der Waals surface area contributed by atoms with Crippen LogP contribution in [0.4, 0.5) is 0 Å². The maximum Gasteiger partial charge on any atom is 0.232 e. The van der Waals surface area contributed by atoms with Gasteiger partial charge in [-0.1, -0.05) is 0 Å². The van der Waals surface area contributed by atoms with E-state index < -0.39 is 23.8 Å². The zero-order valence-electron chi connectivity index (χ0n) is 5.44. The second-order valence-corrected chi connectivity index (χ2v) is 2.15. The minimum absolute atomic E-state index is 0.523. The van der Waals surface area contributed by atoms with E-state index in [9.17, 15) is 4.79 Å². The summed E-state index contributed by atoms with van der Waals surface area (Å²) < 4.78 is 4.69. The van der Waals surface area contributed by atoms with Crippen molar-refractivity contribution in [2.24, 2.45) is 0 Å². The number of aliphatic hydroxyl groups is 2. The summed E-state index contributed by atoms with van der Waals surface area (Å²) in [5.74, 6) is -1.20. The highest BCUT2D eigenvalue weighted by Crippen LogP contribution is 2.11. The molecule has 0 aromatic carbocycles. The molecule has 0 fully saturated rings.